The second-order valence-electron chi connectivity index (χ2n) is 4.35. The lowest BCUT2D eigenvalue weighted by Gasteiger charge is -2.23. The number of aliphatic hydroxyl groups is 1. The summed E-state index contributed by atoms with van der Waals surface area (Å²) in [6.45, 7) is 0.203. The van der Waals surface area contributed by atoms with E-state index >= 15 is 0 Å². The fourth-order valence-electron chi connectivity index (χ4n) is 2.34. The summed E-state index contributed by atoms with van der Waals surface area (Å²) in [5.41, 5.74) is 1.21. The Balaban J connectivity index is 2.14. The van der Waals surface area contributed by atoms with E-state index in [1.165, 1.54) is 42.6 Å². The highest BCUT2D eigenvalue weighted by Crippen LogP contribution is 2.33. The molecule has 1 nitrogen and oxygen atoms in total. The van der Waals surface area contributed by atoms with Gasteiger partial charge in [-0.2, -0.15) is 0 Å². The maximum absolute atomic E-state index is 9.49. The van der Waals surface area contributed by atoms with E-state index in [0.29, 0.717) is 5.92 Å². The molecule has 16 heavy (non-hydrogen) atoms. The third-order valence-electron chi connectivity index (χ3n) is 3.27. The first-order valence-corrected chi connectivity index (χ1v) is 7.53. The summed E-state index contributed by atoms with van der Waals surface area (Å²) in [4.78, 5) is 1.23. The normalized spacial score (nSPS) is 19.0. The maximum Gasteiger partial charge on any atom is 0.0648 e. The zero-order chi connectivity index (χ0) is 11.4. The summed E-state index contributed by atoms with van der Waals surface area (Å²) < 4.78 is 1.14. The minimum Gasteiger partial charge on any atom is -0.392 e. The molecule has 1 heterocycles. The number of hydrogen-bond acceptors (Lipinski definition) is 2. The predicted molar refractivity (Wildman–Crippen MR) is 73.7 cm³/mol. The summed E-state index contributed by atoms with van der Waals surface area (Å²) in [5.74, 6) is 0.604. The fraction of sp³-hybridized carbons (Fsp3) is 0.538. The van der Waals surface area contributed by atoms with Crippen molar-refractivity contribution < 1.29 is 5.11 Å². The topological polar surface area (TPSA) is 20.2 Å². The molecule has 1 aliphatic carbocycles. The van der Waals surface area contributed by atoms with Crippen LogP contribution in [0.2, 0.25) is 0 Å². The van der Waals surface area contributed by atoms with E-state index in [9.17, 15) is 5.11 Å². The zero-order valence-electron chi connectivity index (χ0n) is 9.29. The van der Waals surface area contributed by atoms with E-state index in [1.54, 1.807) is 11.3 Å². The van der Waals surface area contributed by atoms with E-state index in [2.05, 4.69) is 33.5 Å². The average Bonchev–Trinajstić information content (AvgIpc) is 2.73. The molecule has 0 spiro atoms. The molecule has 0 aliphatic heterocycles. The average molecular weight is 301 g/mol. The molecule has 1 N–H and O–H groups in total. The molecule has 0 aromatic carbocycles. The first kappa shape index (κ1) is 12.3. The summed E-state index contributed by atoms with van der Waals surface area (Å²) in [5, 5.41) is 11.6. The summed E-state index contributed by atoms with van der Waals surface area (Å²) in [6.07, 6.45) is 8.65. The van der Waals surface area contributed by atoms with Crippen LogP contribution in [0.15, 0.2) is 21.5 Å². The SMILES string of the molecule is OC/C(=C/c1sccc1Br)C1CCCCC1. The second kappa shape index (κ2) is 5.99. The van der Waals surface area contributed by atoms with Gasteiger partial charge >= 0.3 is 0 Å². The van der Waals surface area contributed by atoms with Gasteiger partial charge in [0, 0.05) is 9.35 Å². The van der Waals surface area contributed by atoms with Crippen LogP contribution in [0.3, 0.4) is 0 Å². The zero-order valence-corrected chi connectivity index (χ0v) is 11.7. The van der Waals surface area contributed by atoms with Crippen molar-refractivity contribution in [2.45, 2.75) is 32.1 Å². The van der Waals surface area contributed by atoms with Gasteiger partial charge in [0.05, 0.1) is 6.61 Å². The Morgan fingerprint density at radius 1 is 1.44 bits per heavy atom. The fourth-order valence-corrected chi connectivity index (χ4v) is 3.80. The van der Waals surface area contributed by atoms with Crippen LogP contribution >= 0.6 is 27.3 Å². The van der Waals surface area contributed by atoms with E-state index < -0.39 is 0 Å². The van der Waals surface area contributed by atoms with Crippen molar-refractivity contribution in [3.05, 3.63) is 26.4 Å². The number of rotatable bonds is 3. The summed E-state index contributed by atoms with van der Waals surface area (Å²) in [7, 11) is 0. The number of hydrogen-bond donors (Lipinski definition) is 1. The van der Waals surface area contributed by atoms with Gasteiger partial charge in [-0.15, -0.1) is 11.3 Å². The molecule has 3 heteroatoms. The van der Waals surface area contributed by atoms with Crippen LogP contribution in [0.4, 0.5) is 0 Å². The highest BCUT2D eigenvalue weighted by atomic mass is 79.9. The van der Waals surface area contributed by atoms with Crippen LogP contribution < -0.4 is 0 Å². The van der Waals surface area contributed by atoms with Crippen LogP contribution in [-0.2, 0) is 0 Å². The molecule has 1 fully saturated rings. The van der Waals surface area contributed by atoms with Crippen molar-refractivity contribution in [3.63, 3.8) is 0 Å². The molecule has 88 valence electrons. The van der Waals surface area contributed by atoms with Gasteiger partial charge in [0.15, 0.2) is 0 Å². The van der Waals surface area contributed by atoms with E-state index in [4.69, 9.17) is 0 Å². The highest BCUT2D eigenvalue weighted by Gasteiger charge is 2.17. The molecule has 1 aromatic heterocycles. The lowest BCUT2D eigenvalue weighted by Crippen LogP contribution is -2.11. The van der Waals surface area contributed by atoms with Gasteiger partial charge in [0.2, 0.25) is 0 Å². The summed E-state index contributed by atoms with van der Waals surface area (Å²) in [6, 6.07) is 2.06. The summed E-state index contributed by atoms with van der Waals surface area (Å²) >= 11 is 5.26. The van der Waals surface area contributed by atoms with E-state index in [1.807, 2.05) is 0 Å². The Labute approximate surface area is 109 Å². The van der Waals surface area contributed by atoms with E-state index in [-0.39, 0.29) is 6.61 Å². The van der Waals surface area contributed by atoms with Gasteiger partial charge in [0.1, 0.15) is 0 Å². The van der Waals surface area contributed by atoms with Crippen LogP contribution in [0.25, 0.3) is 6.08 Å². The lowest BCUT2D eigenvalue weighted by atomic mass is 9.84. The van der Waals surface area contributed by atoms with Crippen molar-refractivity contribution in [1.29, 1.82) is 0 Å². The molecule has 0 bridgehead atoms. The quantitative estimate of drug-likeness (QED) is 0.873. The number of aliphatic hydroxyl groups excluding tert-OH is 1. The largest absolute Gasteiger partial charge is 0.392 e. The third-order valence-corrected chi connectivity index (χ3v) is 5.09. The Bertz CT molecular complexity index is 364. The van der Waals surface area contributed by atoms with Gasteiger partial charge in [0.25, 0.3) is 0 Å². The molecule has 0 atom stereocenters. The molecular formula is C13H17BrOS. The minimum absolute atomic E-state index is 0.203. The molecule has 0 unspecified atom stereocenters. The van der Waals surface area contributed by atoms with Gasteiger partial charge in [-0.3, -0.25) is 0 Å². The van der Waals surface area contributed by atoms with Crippen LogP contribution in [0.1, 0.15) is 37.0 Å². The first-order chi connectivity index (χ1) is 7.81. The molecule has 0 saturated heterocycles. The monoisotopic (exact) mass is 300 g/mol. The van der Waals surface area contributed by atoms with Crippen molar-refractivity contribution in [1.82, 2.24) is 0 Å². The van der Waals surface area contributed by atoms with Crippen molar-refractivity contribution in [3.8, 4) is 0 Å². The Kier molecular flexibility index (Phi) is 4.62. The van der Waals surface area contributed by atoms with Crippen molar-refractivity contribution >= 4 is 33.3 Å². The second-order valence-corrected chi connectivity index (χ2v) is 6.15. The number of halogens is 1. The Morgan fingerprint density at radius 3 is 2.75 bits per heavy atom. The van der Waals surface area contributed by atoms with E-state index in [0.717, 1.165) is 4.47 Å². The van der Waals surface area contributed by atoms with Crippen LogP contribution in [-0.4, -0.2) is 11.7 Å². The molecule has 1 aromatic rings. The Hall–Kier alpha value is -0.120. The Morgan fingerprint density at radius 2 is 2.19 bits per heavy atom. The molecular weight excluding hydrogens is 284 g/mol. The van der Waals surface area contributed by atoms with Gasteiger partial charge < -0.3 is 5.11 Å². The standard InChI is InChI=1S/C13H17BrOS/c14-12-6-7-16-13(12)8-11(9-15)10-4-2-1-3-5-10/h6-8,10,15H,1-5,9H2/b11-8-. The lowest BCUT2D eigenvalue weighted by molar-refractivity contribution is 0.295. The van der Waals surface area contributed by atoms with Gasteiger partial charge in [-0.1, -0.05) is 19.3 Å². The molecule has 0 amide bonds. The third kappa shape index (κ3) is 2.96. The van der Waals surface area contributed by atoms with Gasteiger partial charge in [-0.05, 0) is 57.8 Å². The van der Waals surface area contributed by atoms with Crippen LogP contribution in [0, 0.1) is 5.92 Å². The number of thiophene rings is 1. The smallest absolute Gasteiger partial charge is 0.0648 e. The van der Waals surface area contributed by atoms with Gasteiger partial charge in [-0.25, -0.2) is 0 Å². The van der Waals surface area contributed by atoms with Crippen molar-refractivity contribution in [2.24, 2.45) is 5.92 Å². The molecule has 1 saturated carbocycles. The predicted octanol–water partition coefficient (Wildman–Crippen LogP) is 4.47. The highest BCUT2D eigenvalue weighted by molar-refractivity contribution is 9.10. The molecule has 1 aliphatic rings. The first-order valence-electron chi connectivity index (χ1n) is 5.85. The van der Waals surface area contributed by atoms with Crippen molar-refractivity contribution in [2.75, 3.05) is 6.61 Å². The molecule has 0 radical (unpaired) electrons. The maximum atomic E-state index is 9.49. The molecule has 2 rings (SSSR count). The minimum atomic E-state index is 0.203. The van der Waals surface area contributed by atoms with Crippen LogP contribution in [0.5, 0.6) is 0 Å².